The number of methoxy groups -OCH3 is 1. The van der Waals surface area contributed by atoms with Crippen LogP contribution in [0.3, 0.4) is 0 Å². The maximum atomic E-state index is 12.4. The molecule has 24 heavy (non-hydrogen) atoms. The largest absolute Gasteiger partial charge is 0.495 e. The zero-order chi connectivity index (χ0) is 17.4. The molecule has 1 aromatic carbocycles. The van der Waals surface area contributed by atoms with Gasteiger partial charge in [-0.2, -0.15) is 0 Å². The van der Waals surface area contributed by atoms with Gasteiger partial charge in [0.15, 0.2) is 0 Å². The number of amides is 1. The molecule has 1 heterocycles. The fourth-order valence-corrected chi connectivity index (χ4v) is 2.55. The van der Waals surface area contributed by atoms with Crippen molar-refractivity contribution >= 4 is 17.3 Å². The molecule has 2 aromatic rings. The summed E-state index contributed by atoms with van der Waals surface area (Å²) in [4.78, 5) is 19.0. The van der Waals surface area contributed by atoms with Crippen molar-refractivity contribution in [3.63, 3.8) is 0 Å². The smallest absolute Gasteiger partial charge is 0.274 e. The number of hydrogen-bond acceptors (Lipinski definition) is 4. The summed E-state index contributed by atoms with van der Waals surface area (Å²) in [7, 11) is 1.58. The molecule has 0 aliphatic rings. The molecular formula is C19H25N3O2. The van der Waals surface area contributed by atoms with Crippen LogP contribution in [0, 0.1) is 0 Å². The van der Waals surface area contributed by atoms with E-state index in [1.165, 1.54) is 0 Å². The second-order valence-corrected chi connectivity index (χ2v) is 5.54. The highest BCUT2D eigenvalue weighted by Crippen LogP contribution is 2.23. The predicted octanol–water partition coefficient (Wildman–Crippen LogP) is 3.97. The Morgan fingerprint density at radius 3 is 2.42 bits per heavy atom. The van der Waals surface area contributed by atoms with Gasteiger partial charge in [-0.15, -0.1) is 0 Å². The van der Waals surface area contributed by atoms with Crippen LogP contribution in [0.4, 0.5) is 11.4 Å². The zero-order valence-corrected chi connectivity index (χ0v) is 14.6. The number of pyridine rings is 1. The van der Waals surface area contributed by atoms with Crippen LogP contribution in [-0.2, 0) is 0 Å². The number of carbonyl (C=O) groups excluding carboxylic acids is 1. The van der Waals surface area contributed by atoms with E-state index in [1.807, 2.05) is 18.2 Å². The first-order chi connectivity index (χ1) is 11.7. The number of ether oxygens (including phenoxy) is 1. The number of rotatable bonds is 8. The first kappa shape index (κ1) is 17.8. The lowest BCUT2D eigenvalue weighted by Crippen LogP contribution is -2.25. The van der Waals surface area contributed by atoms with Crippen molar-refractivity contribution in [1.82, 2.24) is 4.98 Å². The Kier molecular flexibility index (Phi) is 6.61. The molecule has 1 aromatic heterocycles. The molecule has 2 rings (SSSR count). The average Bonchev–Trinajstić information content (AvgIpc) is 2.62. The third-order valence-corrected chi connectivity index (χ3v) is 3.69. The van der Waals surface area contributed by atoms with Crippen LogP contribution in [-0.4, -0.2) is 31.1 Å². The van der Waals surface area contributed by atoms with Crippen LogP contribution in [0.15, 0.2) is 42.6 Å². The van der Waals surface area contributed by atoms with E-state index in [0.717, 1.165) is 31.6 Å². The number of carbonyl (C=O) groups is 1. The van der Waals surface area contributed by atoms with E-state index in [4.69, 9.17) is 4.74 Å². The molecule has 1 amide bonds. The minimum atomic E-state index is -0.247. The highest BCUT2D eigenvalue weighted by Gasteiger charge is 2.12. The Morgan fingerprint density at radius 2 is 1.83 bits per heavy atom. The lowest BCUT2D eigenvalue weighted by atomic mass is 10.2. The topological polar surface area (TPSA) is 54.5 Å². The van der Waals surface area contributed by atoms with Crippen molar-refractivity contribution < 1.29 is 9.53 Å². The summed E-state index contributed by atoms with van der Waals surface area (Å²) < 4.78 is 5.24. The summed E-state index contributed by atoms with van der Waals surface area (Å²) in [5.41, 5.74) is 2.07. The van der Waals surface area contributed by atoms with Crippen molar-refractivity contribution in [3.05, 3.63) is 48.3 Å². The molecule has 5 nitrogen and oxygen atoms in total. The Labute approximate surface area is 143 Å². The van der Waals surface area contributed by atoms with Crippen molar-refractivity contribution in [2.45, 2.75) is 26.7 Å². The molecule has 0 spiro atoms. The fourth-order valence-electron chi connectivity index (χ4n) is 2.55. The summed E-state index contributed by atoms with van der Waals surface area (Å²) in [5.74, 6) is 0.378. The fraction of sp³-hybridized carbons (Fsp3) is 0.368. The van der Waals surface area contributed by atoms with Gasteiger partial charge >= 0.3 is 0 Å². The summed E-state index contributed by atoms with van der Waals surface area (Å²) in [6.07, 6.45) is 3.93. The van der Waals surface area contributed by atoms with E-state index in [-0.39, 0.29) is 5.91 Å². The van der Waals surface area contributed by atoms with Crippen molar-refractivity contribution in [3.8, 4) is 5.75 Å². The lowest BCUT2D eigenvalue weighted by molar-refractivity contribution is 0.102. The van der Waals surface area contributed by atoms with E-state index in [9.17, 15) is 4.79 Å². The molecule has 0 bridgehead atoms. The molecule has 0 fully saturated rings. The average molecular weight is 327 g/mol. The van der Waals surface area contributed by atoms with Gasteiger partial charge in [0, 0.05) is 13.1 Å². The molecule has 0 atom stereocenters. The molecule has 0 aliphatic heterocycles. The quantitative estimate of drug-likeness (QED) is 0.797. The first-order valence-electron chi connectivity index (χ1n) is 8.35. The normalized spacial score (nSPS) is 10.3. The summed E-state index contributed by atoms with van der Waals surface area (Å²) in [6, 6.07) is 11.0. The molecule has 128 valence electrons. The number of anilines is 2. The van der Waals surface area contributed by atoms with Gasteiger partial charge in [-0.05, 0) is 37.1 Å². The Morgan fingerprint density at radius 1 is 1.12 bits per heavy atom. The van der Waals surface area contributed by atoms with Gasteiger partial charge in [-0.25, -0.2) is 4.98 Å². The number of aromatic nitrogens is 1. The number of hydrogen-bond donors (Lipinski definition) is 1. The third kappa shape index (κ3) is 4.47. The van der Waals surface area contributed by atoms with Crippen LogP contribution in [0.1, 0.15) is 37.2 Å². The second kappa shape index (κ2) is 8.91. The molecule has 0 saturated carbocycles. The third-order valence-electron chi connectivity index (χ3n) is 3.69. The van der Waals surface area contributed by atoms with Gasteiger partial charge in [0.05, 0.1) is 24.7 Å². The van der Waals surface area contributed by atoms with Crippen molar-refractivity contribution in [2.75, 3.05) is 30.4 Å². The maximum absolute atomic E-state index is 12.4. The summed E-state index contributed by atoms with van der Waals surface area (Å²) in [5, 5.41) is 2.84. The van der Waals surface area contributed by atoms with Crippen LogP contribution in [0.5, 0.6) is 5.75 Å². The van der Waals surface area contributed by atoms with Gasteiger partial charge in [0.1, 0.15) is 11.4 Å². The predicted molar refractivity (Wildman–Crippen MR) is 98.0 cm³/mol. The SMILES string of the molecule is CCCN(CCC)c1ccc(C(=O)Nc2ccccc2OC)nc1. The number of nitrogens with zero attached hydrogens (tertiary/aromatic N) is 2. The van der Waals surface area contributed by atoms with Crippen molar-refractivity contribution in [1.29, 1.82) is 0 Å². The summed E-state index contributed by atoms with van der Waals surface area (Å²) >= 11 is 0. The van der Waals surface area contributed by atoms with Crippen LogP contribution < -0.4 is 15.0 Å². The first-order valence-corrected chi connectivity index (χ1v) is 8.35. The van der Waals surface area contributed by atoms with E-state index >= 15 is 0 Å². The van der Waals surface area contributed by atoms with Gasteiger partial charge in [-0.3, -0.25) is 4.79 Å². The van der Waals surface area contributed by atoms with Gasteiger partial charge in [0.25, 0.3) is 5.91 Å². The Hall–Kier alpha value is -2.56. The second-order valence-electron chi connectivity index (χ2n) is 5.54. The van der Waals surface area contributed by atoms with Crippen LogP contribution in [0.25, 0.3) is 0 Å². The monoisotopic (exact) mass is 327 g/mol. The minimum Gasteiger partial charge on any atom is -0.495 e. The number of para-hydroxylation sites is 2. The Balaban J connectivity index is 2.10. The standard InChI is InChI=1S/C19H25N3O2/c1-4-12-22(13-5-2)15-10-11-17(20-14-15)19(23)21-16-8-6-7-9-18(16)24-3/h6-11,14H,4-5,12-13H2,1-3H3,(H,21,23). The molecule has 0 radical (unpaired) electrons. The molecule has 5 heteroatoms. The van der Waals surface area contributed by atoms with Gasteiger partial charge in [0.2, 0.25) is 0 Å². The van der Waals surface area contributed by atoms with Crippen LogP contribution in [0.2, 0.25) is 0 Å². The number of nitrogens with one attached hydrogen (secondary N) is 1. The zero-order valence-electron chi connectivity index (χ0n) is 14.6. The van der Waals surface area contributed by atoms with Crippen LogP contribution >= 0.6 is 0 Å². The highest BCUT2D eigenvalue weighted by atomic mass is 16.5. The van der Waals surface area contributed by atoms with Gasteiger partial charge in [-0.1, -0.05) is 26.0 Å². The molecule has 0 aliphatic carbocycles. The summed E-state index contributed by atoms with van der Waals surface area (Å²) in [6.45, 7) is 6.29. The van der Waals surface area contributed by atoms with E-state index in [2.05, 4.69) is 29.0 Å². The molecule has 0 saturated heterocycles. The minimum absolute atomic E-state index is 0.247. The molecule has 0 unspecified atom stereocenters. The lowest BCUT2D eigenvalue weighted by Gasteiger charge is -2.23. The molecule has 1 N–H and O–H groups in total. The van der Waals surface area contributed by atoms with E-state index in [1.54, 1.807) is 31.5 Å². The highest BCUT2D eigenvalue weighted by molar-refractivity contribution is 6.03. The van der Waals surface area contributed by atoms with E-state index < -0.39 is 0 Å². The Bertz CT molecular complexity index is 650. The maximum Gasteiger partial charge on any atom is 0.274 e. The number of benzene rings is 1. The van der Waals surface area contributed by atoms with Gasteiger partial charge < -0.3 is 15.0 Å². The van der Waals surface area contributed by atoms with Crippen molar-refractivity contribution in [2.24, 2.45) is 0 Å². The van der Waals surface area contributed by atoms with E-state index in [0.29, 0.717) is 17.1 Å². The molecular weight excluding hydrogens is 302 g/mol.